The number of β-amino-alcohol motifs (C(OH)–C–C–N with tert-alkyl or cyclic N) is 1. The molecule has 5 atom stereocenters. The van der Waals surface area contributed by atoms with Gasteiger partial charge in [-0.1, -0.05) is 35.5 Å². The Labute approximate surface area is 211 Å². The molecule has 3 fully saturated rings. The van der Waals surface area contributed by atoms with Crippen LogP contribution in [0, 0.1) is 11.8 Å². The molecule has 0 saturated carbocycles. The topological polar surface area (TPSA) is 129 Å². The lowest BCUT2D eigenvalue weighted by Gasteiger charge is -2.34. The van der Waals surface area contributed by atoms with Gasteiger partial charge in [0.05, 0.1) is 28.7 Å². The maximum absolute atomic E-state index is 13.7. The number of anilines is 1. The second kappa shape index (κ2) is 8.90. The lowest BCUT2D eigenvalue weighted by molar-refractivity contribution is -0.139. The zero-order valence-corrected chi connectivity index (χ0v) is 20.2. The van der Waals surface area contributed by atoms with Crippen molar-refractivity contribution in [2.24, 2.45) is 11.8 Å². The smallest absolute Gasteiger partial charge is 0.245 e. The van der Waals surface area contributed by atoms with E-state index in [1.165, 1.54) is 4.90 Å². The van der Waals surface area contributed by atoms with Crippen molar-refractivity contribution in [1.29, 1.82) is 0 Å². The van der Waals surface area contributed by atoms with Gasteiger partial charge in [-0.25, -0.2) is 4.68 Å². The van der Waals surface area contributed by atoms with E-state index in [1.807, 2.05) is 54.6 Å². The van der Waals surface area contributed by atoms with Crippen LogP contribution in [0.15, 0.2) is 54.6 Å². The molecule has 2 unspecified atom stereocenters. The molecular formula is C25H26N6O4S. The van der Waals surface area contributed by atoms with Crippen molar-refractivity contribution in [1.82, 2.24) is 25.2 Å². The van der Waals surface area contributed by atoms with Gasteiger partial charge in [-0.05, 0) is 37.1 Å². The molecule has 36 heavy (non-hydrogen) atoms. The summed E-state index contributed by atoms with van der Waals surface area (Å²) in [6.07, 6.45) is 1.42. The van der Waals surface area contributed by atoms with E-state index in [4.69, 9.17) is 0 Å². The Morgan fingerprint density at radius 2 is 1.89 bits per heavy atom. The summed E-state index contributed by atoms with van der Waals surface area (Å²) < 4.78 is 0.898. The van der Waals surface area contributed by atoms with Crippen LogP contribution in [0.3, 0.4) is 0 Å². The Hall–Kier alpha value is -3.44. The fourth-order valence-corrected chi connectivity index (χ4v) is 8.35. The van der Waals surface area contributed by atoms with Crippen LogP contribution < -0.4 is 10.6 Å². The number of benzene rings is 2. The SMILES string of the molecule is O=C(NCn1nnc2ccccc21)C1N(CCO)C(=O)[C@@H]2[C@@H](C(=O)Nc3ccccc3)[C@H]3CCC12S3. The molecule has 10 nitrogen and oxygen atoms in total. The summed E-state index contributed by atoms with van der Waals surface area (Å²) in [5.41, 5.74) is 2.19. The fraction of sp³-hybridized carbons (Fsp3) is 0.400. The number of nitrogens with zero attached hydrogens (tertiary/aromatic N) is 4. The number of aromatic nitrogens is 3. The van der Waals surface area contributed by atoms with E-state index in [0.29, 0.717) is 12.1 Å². The van der Waals surface area contributed by atoms with Crippen molar-refractivity contribution in [2.75, 3.05) is 18.5 Å². The standard InChI is InChI=1S/C25H26N6O4S/c32-13-12-30-21(23(34)26-14-31-17-9-5-4-8-16(17)28-29-31)25-11-10-18(36-25)19(20(25)24(30)35)22(33)27-15-6-2-1-3-7-15/h1-9,18-21,32H,10-14H2,(H,26,34)(H,27,33)/t18-,19+,20+,21?,25?/m1/s1. The third-order valence-corrected chi connectivity index (χ3v) is 9.51. The molecule has 2 bridgehead atoms. The Balaban J connectivity index is 1.26. The first-order valence-corrected chi connectivity index (χ1v) is 12.9. The number of aliphatic hydroxyl groups is 1. The number of aliphatic hydroxyl groups excluding tert-OH is 1. The summed E-state index contributed by atoms with van der Waals surface area (Å²) in [6, 6.07) is 15.9. The molecule has 3 aliphatic heterocycles. The highest BCUT2D eigenvalue weighted by Gasteiger charge is 2.73. The summed E-state index contributed by atoms with van der Waals surface area (Å²) in [5, 5.41) is 23.8. The van der Waals surface area contributed by atoms with Gasteiger partial charge >= 0.3 is 0 Å². The number of thioether (sulfide) groups is 1. The first-order valence-electron chi connectivity index (χ1n) is 12.0. The van der Waals surface area contributed by atoms with E-state index < -0.39 is 22.6 Å². The Morgan fingerprint density at radius 1 is 1.11 bits per heavy atom. The van der Waals surface area contributed by atoms with Gasteiger partial charge in [0.2, 0.25) is 17.7 Å². The summed E-state index contributed by atoms with van der Waals surface area (Å²) in [6.45, 7) is -0.121. The van der Waals surface area contributed by atoms with Gasteiger partial charge in [0.1, 0.15) is 18.2 Å². The lowest BCUT2D eigenvalue weighted by atomic mass is 9.70. The van der Waals surface area contributed by atoms with Crippen molar-refractivity contribution >= 4 is 46.2 Å². The zero-order valence-electron chi connectivity index (χ0n) is 19.4. The molecule has 4 heterocycles. The molecule has 6 rings (SSSR count). The van der Waals surface area contributed by atoms with Gasteiger partial charge in [0.25, 0.3) is 0 Å². The van der Waals surface area contributed by atoms with Crippen molar-refractivity contribution in [3.63, 3.8) is 0 Å². The van der Waals surface area contributed by atoms with Crippen LogP contribution in [0.1, 0.15) is 12.8 Å². The number of hydrogen-bond donors (Lipinski definition) is 3. The molecule has 1 spiro atoms. The largest absolute Gasteiger partial charge is 0.395 e. The first kappa shape index (κ1) is 23.0. The molecule has 3 amide bonds. The quantitative estimate of drug-likeness (QED) is 0.440. The predicted molar refractivity (Wildman–Crippen MR) is 134 cm³/mol. The van der Waals surface area contributed by atoms with Gasteiger partial charge in [-0.3, -0.25) is 14.4 Å². The minimum Gasteiger partial charge on any atom is -0.395 e. The van der Waals surface area contributed by atoms with Crippen molar-refractivity contribution in [3.8, 4) is 0 Å². The highest BCUT2D eigenvalue weighted by molar-refractivity contribution is 8.02. The number of likely N-dealkylation sites (tertiary alicyclic amines) is 1. The van der Waals surface area contributed by atoms with Gasteiger partial charge in [0.15, 0.2) is 0 Å². The molecule has 3 aliphatic rings. The minimum atomic E-state index is -0.776. The van der Waals surface area contributed by atoms with E-state index in [-0.39, 0.29) is 42.8 Å². The molecule has 186 valence electrons. The number of rotatable bonds is 7. The fourth-order valence-electron chi connectivity index (χ4n) is 6.13. The van der Waals surface area contributed by atoms with E-state index >= 15 is 0 Å². The van der Waals surface area contributed by atoms with E-state index in [1.54, 1.807) is 16.4 Å². The monoisotopic (exact) mass is 506 g/mol. The Morgan fingerprint density at radius 3 is 2.69 bits per heavy atom. The van der Waals surface area contributed by atoms with Crippen LogP contribution in [0.4, 0.5) is 5.69 Å². The average molecular weight is 507 g/mol. The second-order valence-electron chi connectivity index (χ2n) is 9.44. The molecule has 3 saturated heterocycles. The first-order chi connectivity index (χ1) is 17.5. The van der Waals surface area contributed by atoms with Crippen molar-refractivity contribution in [2.45, 2.75) is 35.5 Å². The van der Waals surface area contributed by atoms with Crippen molar-refractivity contribution < 1.29 is 19.5 Å². The van der Waals surface area contributed by atoms with Gasteiger partial charge in [-0.15, -0.1) is 16.9 Å². The van der Waals surface area contributed by atoms with Crippen molar-refractivity contribution in [3.05, 3.63) is 54.6 Å². The van der Waals surface area contributed by atoms with Crippen LogP contribution >= 0.6 is 11.8 Å². The number of hydrogen-bond acceptors (Lipinski definition) is 7. The van der Waals surface area contributed by atoms with E-state index in [2.05, 4.69) is 20.9 Å². The van der Waals surface area contributed by atoms with Gasteiger partial charge < -0.3 is 20.6 Å². The highest BCUT2D eigenvalue weighted by atomic mass is 32.2. The third-order valence-electron chi connectivity index (χ3n) is 7.56. The summed E-state index contributed by atoms with van der Waals surface area (Å²) >= 11 is 1.59. The van der Waals surface area contributed by atoms with Crippen LogP contribution in [0.25, 0.3) is 11.0 Å². The molecule has 3 aromatic rings. The molecule has 2 aromatic carbocycles. The third kappa shape index (κ3) is 3.48. The second-order valence-corrected chi connectivity index (χ2v) is 11.0. The minimum absolute atomic E-state index is 0.0338. The van der Waals surface area contributed by atoms with Crippen LogP contribution in [0.5, 0.6) is 0 Å². The van der Waals surface area contributed by atoms with E-state index in [9.17, 15) is 19.5 Å². The normalized spacial score (nSPS) is 28.5. The van der Waals surface area contributed by atoms with E-state index in [0.717, 1.165) is 17.5 Å². The number of carbonyl (C=O) groups is 3. The Kier molecular flexibility index (Phi) is 5.68. The predicted octanol–water partition coefficient (Wildman–Crippen LogP) is 1.23. The molecular weight excluding hydrogens is 480 g/mol. The van der Waals surface area contributed by atoms with Gasteiger partial charge in [0, 0.05) is 17.5 Å². The highest BCUT2D eigenvalue weighted by Crippen LogP contribution is 2.66. The molecule has 0 radical (unpaired) electrons. The summed E-state index contributed by atoms with van der Waals surface area (Å²) in [5.74, 6) is -1.89. The number of carbonyl (C=O) groups excluding carboxylic acids is 3. The summed E-state index contributed by atoms with van der Waals surface area (Å²) in [7, 11) is 0. The molecule has 0 aliphatic carbocycles. The molecule has 1 aromatic heterocycles. The molecule has 11 heteroatoms. The number of fused-ring (bicyclic) bond motifs is 2. The molecule has 3 N–H and O–H groups in total. The summed E-state index contributed by atoms with van der Waals surface area (Å²) in [4.78, 5) is 42.1. The maximum Gasteiger partial charge on any atom is 0.245 e. The van der Waals surface area contributed by atoms with Crippen LogP contribution in [-0.4, -0.2) is 71.9 Å². The Bertz CT molecular complexity index is 1330. The van der Waals surface area contributed by atoms with Gasteiger partial charge in [-0.2, -0.15) is 0 Å². The lowest BCUT2D eigenvalue weighted by Crippen LogP contribution is -2.54. The average Bonchev–Trinajstić information content (AvgIpc) is 3.63. The zero-order chi connectivity index (χ0) is 24.9. The van der Waals surface area contributed by atoms with Crippen LogP contribution in [0.2, 0.25) is 0 Å². The number of amides is 3. The van der Waals surface area contributed by atoms with Crippen LogP contribution in [-0.2, 0) is 21.1 Å². The number of para-hydroxylation sites is 2. The maximum atomic E-state index is 13.7. The number of nitrogens with one attached hydrogen (secondary N) is 2.